The summed E-state index contributed by atoms with van der Waals surface area (Å²) in [6.07, 6.45) is 6.74. The number of hydrogen-bond donors (Lipinski definition) is 0. The Kier molecular flexibility index (Phi) is 4.43. The quantitative estimate of drug-likeness (QED) is 0.827. The van der Waals surface area contributed by atoms with Crippen molar-refractivity contribution >= 4 is 5.91 Å². The van der Waals surface area contributed by atoms with E-state index in [1.165, 1.54) is 24.8 Å². The van der Waals surface area contributed by atoms with Crippen LogP contribution in [0.3, 0.4) is 0 Å². The van der Waals surface area contributed by atoms with E-state index in [2.05, 4.69) is 18.9 Å². The van der Waals surface area contributed by atoms with Crippen LogP contribution < -0.4 is 0 Å². The molecule has 0 saturated heterocycles. The highest BCUT2D eigenvalue weighted by molar-refractivity contribution is 5.81. The smallest absolute Gasteiger partial charge is 0.250 e. The normalized spacial score (nSPS) is 17.1. The zero-order chi connectivity index (χ0) is 14.0. The summed E-state index contributed by atoms with van der Waals surface area (Å²) in [4.78, 5) is 12.6. The molecule has 2 rings (SSSR count). The Morgan fingerprint density at radius 2 is 1.89 bits per heavy atom. The van der Waals surface area contributed by atoms with E-state index in [1.807, 2.05) is 13.8 Å². The van der Waals surface area contributed by atoms with E-state index < -0.39 is 0 Å². The van der Waals surface area contributed by atoms with Gasteiger partial charge >= 0.3 is 0 Å². The van der Waals surface area contributed by atoms with Gasteiger partial charge in [0, 0.05) is 11.6 Å². The predicted octanol–water partition coefficient (Wildman–Crippen LogP) is 3.92. The van der Waals surface area contributed by atoms with Gasteiger partial charge in [-0.2, -0.15) is 5.10 Å². The summed E-state index contributed by atoms with van der Waals surface area (Å²) < 4.78 is 1.68. The molecule has 1 aliphatic rings. The van der Waals surface area contributed by atoms with Crippen molar-refractivity contribution in [3.8, 4) is 0 Å². The highest BCUT2D eigenvalue weighted by Crippen LogP contribution is 2.26. The Hall–Kier alpha value is -1.12. The summed E-state index contributed by atoms with van der Waals surface area (Å²) in [6, 6.07) is 0. The second-order valence-corrected chi connectivity index (χ2v) is 6.33. The Balaban J connectivity index is 2.22. The number of nitrogens with zero attached hydrogens (tertiary/aromatic N) is 2. The molecule has 1 aromatic heterocycles. The third-order valence-electron chi connectivity index (χ3n) is 4.22. The van der Waals surface area contributed by atoms with E-state index in [4.69, 9.17) is 0 Å². The SMILES string of the molecule is Cc1nn(C(=O)C2CCCCC2)c(C)c1CC(C)C. The van der Waals surface area contributed by atoms with Crippen LogP contribution >= 0.6 is 0 Å². The molecule has 3 nitrogen and oxygen atoms in total. The molecule has 0 N–H and O–H groups in total. The number of rotatable bonds is 3. The first-order chi connectivity index (χ1) is 9.00. The van der Waals surface area contributed by atoms with Crippen LogP contribution in [0.2, 0.25) is 0 Å². The van der Waals surface area contributed by atoms with Gasteiger partial charge in [-0.25, -0.2) is 4.68 Å². The molecule has 1 aromatic rings. The molecule has 0 amide bonds. The molecule has 1 heterocycles. The fourth-order valence-corrected chi connectivity index (χ4v) is 3.12. The van der Waals surface area contributed by atoms with Crippen LogP contribution in [0, 0.1) is 25.7 Å². The van der Waals surface area contributed by atoms with Gasteiger partial charge in [-0.15, -0.1) is 0 Å². The van der Waals surface area contributed by atoms with E-state index >= 15 is 0 Å². The number of aryl methyl sites for hydroxylation is 1. The molecule has 0 radical (unpaired) electrons. The average molecular weight is 262 g/mol. The standard InChI is InChI=1S/C16H26N2O/c1-11(2)10-15-12(3)17-18(13(15)4)16(19)14-8-6-5-7-9-14/h11,14H,5-10H2,1-4H3. The minimum atomic E-state index is 0.193. The molecule has 106 valence electrons. The van der Waals surface area contributed by atoms with Gasteiger partial charge in [-0.3, -0.25) is 4.79 Å². The van der Waals surface area contributed by atoms with Gasteiger partial charge in [-0.1, -0.05) is 33.1 Å². The van der Waals surface area contributed by atoms with Crippen LogP contribution in [0.4, 0.5) is 0 Å². The Labute approximate surface area is 116 Å². The molecule has 1 saturated carbocycles. The lowest BCUT2D eigenvalue weighted by molar-refractivity contribution is 0.0781. The van der Waals surface area contributed by atoms with Crippen LogP contribution in [-0.4, -0.2) is 15.7 Å². The molecule has 0 spiro atoms. The first kappa shape index (κ1) is 14.3. The van der Waals surface area contributed by atoms with Gasteiger partial charge in [0.05, 0.1) is 5.69 Å². The Morgan fingerprint density at radius 3 is 2.47 bits per heavy atom. The van der Waals surface area contributed by atoms with Gasteiger partial charge in [-0.05, 0) is 44.6 Å². The van der Waals surface area contributed by atoms with Crippen molar-refractivity contribution in [2.45, 2.75) is 66.2 Å². The highest BCUT2D eigenvalue weighted by atomic mass is 16.2. The van der Waals surface area contributed by atoms with E-state index in [-0.39, 0.29) is 11.8 Å². The lowest BCUT2D eigenvalue weighted by Gasteiger charge is -2.20. The lowest BCUT2D eigenvalue weighted by atomic mass is 9.88. The second-order valence-electron chi connectivity index (χ2n) is 6.33. The molecule has 3 heteroatoms. The van der Waals surface area contributed by atoms with Gasteiger partial charge < -0.3 is 0 Å². The third kappa shape index (κ3) is 3.07. The summed E-state index contributed by atoms with van der Waals surface area (Å²) in [5.41, 5.74) is 3.34. The highest BCUT2D eigenvalue weighted by Gasteiger charge is 2.25. The number of aromatic nitrogens is 2. The molecule has 0 aromatic carbocycles. The Bertz CT molecular complexity index is 454. The molecule has 19 heavy (non-hydrogen) atoms. The van der Waals surface area contributed by atoms with Crippen LogP contribution in [0.5, 0.6) is 0 Å². The maximum atomic E-state index is 12.6. The van der Waals surface area contributed by atoms with Crippen LogP contribution in [0.1, 0.15) is 67.7 Å². The molecule has 0 aliphatic heterocycles. The molecule has 0 bridgehead atoms. The van der Waals surface area contributed by atoms with Crippen molar-refractivity contribution in [3.63, 3.8) is 0 Å². The van der Waals surface area contributed by atoms with Crippen LogP contribution in [0.25, 0.3) is 0 Å². The third-order valence-corrected chi connectivity index (χ3v) is 4.22. The van der Waals surface area contributed by atoms with Gasteiger partial charge in [0.25, 0.3) is 0 Å². The van der Waals surface area contributed by atoms with Gasteiger partial charge in [0.2, 0.25) is 5.91 Å². The van der Waals surface area contributed by atoms with Crippen LogP contribution in [-0.2, 0) is 6.42 Å². The van der Waals surface area contributed by atoms with Crippen molar-refractivity contribution in [2.75, 3.05) is 0 Å². The fourth-order valence-electron chi connectivity index (χ4n) is 3.12. The van der Waals surface area contributed by atoms with Crippen LogP contribution in [0.15, 0.2) is 0 Å². The number of hydrogen-bond acceptors (Lipinski definition) is 2. The maximum Gasteiger partial charge on any atom is 0.250 e. The van der Waals surface area contributed by atoms with Crippen molar-refractivity contribution in [3.05, 3.63) is 17.0 Å². The van der Waals surface area contributed by atoms with E-state index in [0.29, 0.717) is 5.92 Å². The zero-order valence-corrected chi connectivity index (χ0v) is 12.7. The molecule has 1 fully saturated rings. The predicted molar refractivity (Wildman–Crippen MR) is 77.4 cm³/mol. The summed E-state index contributed by atoms with van der Waals surface area (Å²) in [5, 5.41) is 4.51. The first-order valence-corrected chi connectivity index (χ1v) is 7.60. The second kappa shape index (κ2) is 5.89. The summed E-state index contributed by atoms with van der Waals surface area (Å²) in [5.74, 6) is 1.01. The fraction of sp³-hybridized carbons (Fsp3) is 0.750. The largest absolute Gasteiger partial charge is 0.272 e. The summed E-state index contributed by atoms with van der Waals surface area (Å²) >= 11 is 0. The van der Waals surface area contributed by atoms with Crippen molar-refractivity contribution < 1.29 is 4.79 Å². The van der Waals surface area contributed by atoms with Crippen molar-refractivity contribution in [1.29, 1.82) is 0 Å². The molecular weight excluding hydrogens is 236 g/mol. The Morgan fingerprint density at radius 1 is 1.26 bits per heavy atom. The minimum Gasteiger partial charge on any atom is -0.272 e. The van der Waals surface area contributed by atoms with Gasteiger partial charge in [0.1, 0.15) is 0 Å². The molecule has 0 atom stereocenters. The summed E-state index contributed by atoms with van der Waals surface area (Å²) in [7, 11) is 0. The summed E-state index contributed by atoms with van der Waals surface area (Å²) in [6.45, 7) is 8.48. The van der Waals surface area contributed by atoms with Gasteiger partial charge in [0.15, 0.2) is 0 Å². The monoisotopic (exact) mass is 262 g/mol. The minimum absolute atomic E-state index is 0.193. The molecular formula is C16H26N2O. The lowest BCUT2D eigenvalue weighted by Crippen LogP contribution is -2.25. The van der Waals surface area contributed by atoms with E-state index in [9.17, 15) is 4.79 Å². The average Bonchev–Trinajstić information content (AvgIpc) is 2.66. The maximum absolute atomic E-state index is 12.6. The molecule has 1 aliphatic carbocycles. The van der Waals surface area contributed by atoms with Crippen molar-refractivity contribution in [1.82, 2.24) is 9.78 Å². The van der Waals surface area contributed by atoms with E-state index in [1.54, 1.807) is 4.68 Å². The van der Waals surface area contributed by atoms with E-state index in [0.717, 1.165) is 30.7 Å². The van der Waals surface area contributed by atoms with Crippen molar-refractivity contribution in [2.24, 2.45) is 11.8 Å². The zero-order valence-electron chi connectivity index (χ0n) is 12.7. The molecule has 0 unspecified atom stereocenters. The topological polar surface area (TPSA) is 34.9 Å². The number of carbonyl (C=O) groups is 1. The number of carbonyl (C=O) groups excluding carboxylic acids is 1. The first-order valence-electron chi connectivity index (χ1n) is 7.60.